The van der Waals surface area contributed by atoms with Gasteiger partial charge >= 0.3 is 0 Å². The molecule has 0 heterocycles. The van der Waals surface area contributed by atoms with Crippen LogP contribution in [0.3, 0.4) is 0 Å². The summed E-state index contributed by atoms with van der Waals surface area (Å²) in [7, 11) is 0. The fraction of sp³-hybridized carbons (Fsp3) is 0.889. The first-order valence-corrected chi connectivity index (χ1v) is 8.30. The van der Waals surface area contributed by atoms with Crippen molar-refractivity contribution in [3.8, 4) is 0 Å². The van der Waals surface area contributed by atoms with Crippen molar-refractivity contribution >= 4 is 0 Å². The molecule has 0 aliphatic heterocycles. The second-order valence-electron chi connectivity index (χ2n) is 7.47. The molecule has 0 spiro atoms. The summed E-state index contributed by atoms with van der Waals surface area (Å²) in [5.41, 5.74) is 0.480. The Hall–Kier alpha value is -0.300. The van der Waals surface area contributed by atoms with Gasteiger partial charge in [-0.2, -0.15) is 0 Å². The van der Waals surface area contributed by atoms with E-state index in [9.17, 15) is 0 Å². The summed E-state index contributed by atoms with van der Waals surface area (Å²) >= 11 is 0. The topological polar surface area (TPSA) is 12.0 Å². The van der Waals surface area contributed by atoms with Gasteiger partial charge in [-0.3, -0.25) is 0 Å². The highest BCUT2D eigenvalue weighted by Gasteiger charge is 2.35. The Kier molecular flexibility index (Phi) is 7.13. The lowest BCUT2D eigenvalue weighted by Crippen LogP contribution is -2.36. The van der Waals surface area contributed by atoms with Crippen LogP contribution in [0.1, 0.15) is 66.2 Å². The van der Waals surface area contributed by atoms with Crippen LogP contribution in [0, 0.1) is 23.2 Å². The van der Waals surface area contributed by atoms with Gasteiger partial charge in [0.05, 0.1) is 0 Å². The summed E-state index contributed by atoms with van der Waals surface area (Å²) < 4.78 is 0. The first-order chi connectivity index (χ1) is 8.99. The minimum absolute atomic E-state index is 0.480. The lowest BCUT2D eigenvalue weighted by atomic mass is 9.64. The molecule has 1 heteroatoms. The largest absolute Gasteiger partial charge is 0.316 e. The minimum atomic E-state index is 0.480. The first-order valence-electron chi connectivity index (χ1n) is 8.30. The van der Waals surface area contributed by atoms with E-state index in [4.69, 9.17) is 0 Å². The molecule has 19 heavy (non-hydrogen) atoms. The SMILES string of the molecule is C=CCCC1CC(C(C)(C)C)CCC1CNCCC. The van der Waals surface area contributed by atoms with Gasteiger partial charge in [0.1, 0.15) is 0 Å². The van der Waals surface area contributed by atoms with Crippen LogP contribution >= 0.6 is 0 Å². The van der Waals surface area contributed by atoms with E-state index in [2.05, 4.69) is 45.7 Å². The van der Waals surface area contributed by atoms with Gasteiger partial charge in [-0.1, -0.05) is 33.8 Å². The summed E-state index contributed by atoms with van der Waals surface area (Å²) in [6.45, 7) is 15.8. The smallest absolute Gasteiger partial charge is 0.00179 e. The molecule has 1 saturated carbocycles. The van der Waals surface area contributed by atoms with Crippen molar-refractivity contribution in [1.29, 1.82) is 0 Å². The molecular weight excluding hydrogens is 230 g/mol. The van der Waals surface area contributed by atoms with Gasteiger partial charge in [0.2, 0.25) is 0 Å². The van der Waals surface area contributed by atoms with Gasteiger partial charge in [0.25, 0.3) is 0 Å². The van der Waals surface area contributed by atoms with E-state index in [0.29, 0.717) is 5.41 Å². The Morgan fingerprint density at radius 1 is 1.21 bits per heavy atom. The molecule has 0 aromatic rings. The average Bonchev–Trinajstić information content (AvgIpc) is 2.36. The number of hydrogen-bond acceptors (Lipinski definition) is 1. The third kappa shape index (κ3) is 5.69. The fourth-order valence-corrected chi connectivity index (χ4v) is 3.53. The Morgan fingerprint density at radius 3 is 2.53 bits per heavy atom. The maximum absolute atomic E-state index is 3.90. The number of allylic oxidation sites excluding steroid dienone is 1. The molecule has 0 saturated heterocycles. The van der Waals surface area contributed by atoms with Crippen LogP contribution in [0.25, 0.3) is 0 Å². The summed E-state index contributed by atoms with van der Waals surface area (Å²) in [5, 5.41) is 3.64. The zero-order valence-corrected chi connectivity index (χ0v) is 13.7. The van der Waals surface area contributed by atoms with Crippen LogP contribution in [-0.2, 0) is 0 Å². The van der Waals surface area contributed by atoms with Crippen molar-refractivity contribution in [2.24, 2.45) is 23.2 Å². The third-order valence-electron chi connectivity index (χ3n) is 4.94. The van der Waals surface area contributed by atoms with Crippen LogP contribution in [0.15, 0.2) is 12.7 Å². The highest BCUT2D eigenvalue weighted by Crippen LogP contribution is 2.44. The zero-order chi connectivity index (χ0) is 14.3. The molecule has 1 aliphatic carbocycles. The van der Waals surface area contributed by atoms with Gasteiger partial charge in [0, 0.05) is 0 Å². The van der Waals surface area contributed by atoms with E-state index in [1.807, 2.05) is 0 Å². The zero-order valence-electron chi connectivity index (χ0n) is 13.7. The molecule has 1 aliphatic rings. The molecule has 0 radical (unpaired) electrons. The Bertz CT molecular complexity index is 251. The third-order valence-corrected chi connectivity index (χ3v) is 4.94. The summed E-state index contributed by atoms with van der Waals surface area (Å²) in [4.78, 5) is 0. The second kappa shape index (κ2) is 8.09. The molecule has 112 valence electrons. The van der Waals surface area contributed by atoms with E-state index < -0.39 is 0 Å². The highest BCUT2D eigenvalue weighted by atomic mass is 14.9. The number of hydrogen-bond donors (Lipinski definition) is 1. The molecule has 1 rings (SSSR count). The van der Waals surface area contributed by atoms with E-state index in [1.54, 1.807) is 0 Å². The van der Waals surface area contributed by atoms with Crippen LogP contribution in [0.4, 0.5) is 0 Å². The number of nitrogens with one attached hydrogen (secondary N) is 1. The van der Waals surface area contributed by atoms with Gasteiger partial charge in [-0.15, -0.1) is 6.58 Å². The molecule has 3 unspecified atom stereocenters. The highest BCUT2D eigenvalue weighted by molar-refractivity contribution is 4.87. The van der Waals surface area contributed by atoms with Crippen molar-refractivity contribution < 1.29 is 0 Å². The molecule has 3 atom stereocenters. The monoisotopic (exact) mass is 265 g/mol. The Morgan fingerprint density at radius 2 is 1.95 bits per heavy atom. The Labute approximate surface area is 121 Å². The van der Waals surface area contributed by atoms with Crippen molar-refractivity contribution in [1.82, 2.24) is 5.32 Å². The standard InChI is InChI=1S/C18H35N/c1-6-8-9-15-13-17(18(3,4)5)11-10-16(15)14-19-12-7-2/h6,15-17,19H,1,7-14H2,2-5H3. The fourth-order valence-electron chi connectivity index (χ4n) is 3.53. The maximum Gasteiger partial charge on any atom is -0.00179 e. The molecule has 0 aromatic heterocycles. The lowest BCUT2D eigenvalue weighted by Gasteiger charge is -2.42. The summed E-state index contributed by atoms with van der Waals surface area (Å²) in [6, 6.07) is 0. The quantitative estimate of drug-likeness (QED) is 0.503. The van der Waals surface area contributed by atoms with Crippen molar-refractivity contribution in [3.63, 3.8) is 0 Å². The molecular formula is C18H35N. The van der Waals surface area contributed by atoms with Gasteiger partial charge in [-0.25, -0.2) is 0 Å². The lowest BCUT2D eigenvalue weighted by molar-refractivity contribution is 0.0931. The summed E-state index contributed by atoms with van der Waals surface area (Å²) in [6.07, 6.45) is 10.1. The average molecular weight is 265 g/mol. The van der Waals surface area contributed by atoms with Gasteiger partial charge in [0.15, 0.2) is 0 Å². The van der Waals surface area contributed by atoms with Gasteiger partial charge < -0.3 is 5.32 Å². The molecule has 1 fully saturated rings. The van der Waals surface area contributed by atoms with E-state index in [1.165, 1.54) is 51.6 Å². The molecule has 1 nitrogen and oxygen atoms in total. The predicted molar refractivity (Wildman–Crippen MR) is 86.4 cm³/mol. The van der Waals surface area contributed by atoms with Crippen molar-refractivity contribution in [3.05, 3.63) is 12.7 Å². The molecule has 1 N–H and O–H groups in total. The minimum Gasteiger partial charge on any atom is -0.316 e. The molecule has 0 amide bonds. The Balaban J connectivity index is 2.53. The first kappa shape index (κ1) is 16.8. The van der Waals surface area contributed by atoms with Crippen LogP contribution in [-0.4, -0.2) is 13.1 Å². The van der Waals surface area contributed by atoms with Crippen molar-refractivity contribution in [2.75, 3.05) is 13.1 Å². The van der Waals surface area contributed by atoms with Crippen molar-refractivity contribution in [2.45, 2.75) is 66.2 Å². The van der Waals surface area contributed by atoms with Crippen LogP contribution < -0.4 is 5.32 Å². The van der Waals surface area contributed by atoms with E-state index >= 15 is 0 Å². The summed E-state index contributed by atoms with van der Waals surface area (Å²) in [5.74, 6) is 2.70. The van der Waals surface area contributed by atoms with E-state index in [-0.39, 0.29) is 0 Å². The normalized spacial score (nSPS) is 28.3. The maximum atomic E-state index is 3.90. The van der Waals surface area contributed by atoms with Crippen LogP contribution in [0.5, 0.6) is 0 Å². The predicted octanol–water partition coefficient (Wildman–Crippen LogP) is 5.03. The molecule has 0 aromatic carbocycles. The number of rotatable bonds is 7. The van der Waals surface area contributed by atoms with Gasteiger partial charge in [-0.05, 0) is 74.8 Å². The van der Waals surface area contributed by atoms with E-state index in [0.717, 1.165) is 17.8 Å². The second-order valence-corrected chi connectivity index (χ2v) is 7.47. The molecule has 0 bridgehead atoms. The van der Waals surface area contributed by atoms with Crippen LogP contribution in [0.2, 0.25) is 0 Å².